The summed E-state index contributed by atoms with van der Waals surface area (Å²) >= 11 is 0. The quantitative estimate of drug-likeness (QED) is 0.516. The molecule has 0 bridgehead atoms. The molecule has 0 N–H and O–H groups in total. The highest BCUT2D eigenvalue weighted by Crippen LogP contribution is 2.16. The Kier molecular flexibility index (Phi) is 7.79. The van der Waals surface area contributed by atoms with Crippen molar-refractivity contribution in [1.82, 2.24) is 0 Å². The second kappa shape index (κ2) is 8.50. The molecule has 3 unspecified atom stereocenters. The van der Waals surface area contributed by atoms with Crippen molar-refractivity contribution >= 4 is 17.9 Å². The minimum atomic E-state index is -0.549. The molecule has 0 aromatic carbocycles. The summed E-state index contributed by atoms with van der Waals surface area (Å²) in [6.07, 6.45) is -0.644. The molecule has 0 amide bonds. The van der Waals surface area contributed by atoms with E-state index in [0.29, 0.717) is 6.42 Å². The molecule has 0 aromatic heterocycles. The van der Waals surface area contributed by atoms with Gasteiger partial charge in [0, 0.05) is 20.8 Å². The minimum absolute atomic E-state index is 0.00809. The number of ether oxygens (including phenoxy) is 3. The number of hydrogen-bond donors (Lipinski definition) is 0. The maximum absolute atomic E-state index is 11.0. The first-order valence-corrected chi connectivity index (χ1v) is 6.20. The lowest BCUT2D eigenvalue weighted by molar-refractivity contribution is -0.165. The molecule has 3 atom stereocenters. The first-order valence-electron chi connectivity index (χ1n) is 6.20. The largest absolute Gasteiger partial charge is 0.466 e. The number of rotatable bonds is 7. The van der Waals surface area contributed by atoms with Crippen molar-refractivity contribution in [2.45, 2.75) is 53.2 Å². The zero-order valence-corrected chi connectivity index (χ0v) is 12.1. The van der Waals surface area contributed by atoms with Crippen LogP contribution in [0.15, 0.2) is 0 Å². The van der Waals surface area contributed by atoms with E-state index in [1.807, 2.05) is 6.92 Å². The zero-order chi connectivity index (χ0) is 15.0. The van der Waals surface area contributed by atoms with Gasteiger partial charge in [0.05, 0.1) is 6.61 Å². The van der Waals surface area contributed by atoms with E-state index in [1.165, 1.54) is 20.8 Å². The molecule has 0 aromatic rings. The van der Waals surface area contributed by atoms with Gasteiger partial charge in [0.2, 0.25) is 0 Å². The Hall–Kier alpha value is -1.59. The number of hydrogen-bond acceptors (Lipinski definition) is 6. The summed E-state index contributed by atoms with van der Waals surface area (Å²) in [5.41, 5.74) is 0. The minimum Gasteiger partial charge on any atom is -0.466 e. The predicted octanol–water partition coefficient (Wildman–Crippen LogP) is 1.46. The molecule has 0 fully saturated rings. The molecule has 0 radical (unpaired) electrons. The van der Waals surface area contributed by atoms with E-state index in [4.69, 9.17) is 14.2 Å². The molecular formula is C13H22O6. The Balaban J connectivity index is 4.44. The van der Waals surface area contributed by atoms with Crippen molar-refractivity contribution in [3.8, 4) is 0 Å². The van der Waals surface area contributed by atoms with Crippen molar-refractivity contribution < 1.29 is 28.6 Å². The average molecular weight is 274 g/mol. The van der Waals surface area contributed by atoms with Crippen LogP contribution >= 0.6 is 0 Å². The van der Waals surface area contributed by atoms with Gasteiger partial charge in [-0.1, -0.05) is 6.92 Å². The van der Waals surface area contributed by atoms with Gasteiger partial charge in [0.1, 0.15) is 12.2 Å². The second-order valence-corrected chi connectivity index (χ2v) is 4.61. The molecule has 0 rings (SSSR count). The highest BCUT2D eigenvalue weighted by Gasteiger charge is 2.25. The van der Waals surface area contributed by atoms with E-state index in [2.05, 4.69) is 0 Å². The third-order valence-electron chi connectivity index (χ3n) is 2.40. The molecule has 6 heteroatoms. The van der Waals surface area contributed by atoms with E-state index < -0.39 is 24.1 Å². The molecular weight excluding hydrogens is 252 g/mol. The highest BCUT2D eigenvalue weighted by atomic mass is 16.6. The monoisotopic (exact) mass is 274 g/mol. The van der Waals surface area contributed by atoms with Crippen LogP contribution in [-0.2, 0) is 28.6 Å². The summed E-state index contributed by atoms with van der Waals surface area (Å²) in [5, 5.41) is 0. The molecule has 0 saturated carbocycles. The summed E-state index contributed by atoms with van der Waals surface area (Å²) in [7, 11) is 0. The molecule has 110 valence electrons. The normalized spacial score (nSPS) is 15.0. The fraction of sp³-hybridized carbons (Fsp3) is 0.769. The van der Waals surface area contributed by atoms with Crippen LogP contribution in [0.25, 0.3) is 0 Å². The highest BCUT2D eigenvalue weighted by molar-refractivity contribution is 5.67. The fourth-order valence-corrected chi connectivity index (χ4v) is 1.61. The van der Waals surface area contributed by atoms with Crippen molar-refractivity contribution in [1.29, 1.82) is 0 Å². The Bertz CT molecular complexity index is 325. The van der Waals surface area contributed by atoms with E-state index >= 15 is 0 Å². The molecule has 0 saturated heterocycles. The van der Waals surface area contributed by atoms with Crippen LogP contribution in [0.4, 0.5) is 0 Å². The standard InChI is InChI=1S/C13H22O6/c1-8(7-17-10(3)14)6-13(19-12(5)16)9(2)18-11(4)15/h8-9,13H,6-7H2,1-5H3. The van der Waals surface area contributed by atoms with Crippen LogP contribution in [0.3, 0.4) is 0 Å². The van der Waals surface area contributed by atoms with E-state index in [1.54, 1.807) is 6.92 Å². The van der Waals surface area contributed by atoms with Gasteiger partial charge in [-0.05, 0) is 19.3 Å². The van der Waals surface area contributed by atoms with Crippen molar-refractivity contribution in [2.24, 2.45) is 5.92 Å². The first kappa shape index (κ1) is 17.4. The van der Waals surface area contributed by atoms with Gasteiger partial charge < -0.3 is 14.2 Å². The predicted molar refractivity (Wildman–Crippen MR) is 67.2 cm³/mol. The Morgan fingerprint density at radius 2 is 1.42 bits per heavy atom. The lowest BCUT2D eigenvalue weighted by Crippen LogP contribution is -2.34. The first-order chi connectivity index (χ1) is 8.72. The van der Waals surface area contributed by atoms with Crippen LogP contribution in [0.2, 0.25) is 0 Å². The maximum atomic E-state index is 11.0. The number of esters is 3. The van der Waals surface area contributed by atoms with Gasteiger partial charge in [-0.15, -0.1) is 0 Å². The van der Waals surface area contributed by atoms with Crippen LogP contribution in [-0.4, -0.2) is 36.7 Å². The Labute approximate surface area is 113 Å². The molecule has 6 nitrogen and oxygen atoms in total. The van der Waals surface area contributed by atoms with E-state index in [0.717, 1.165) is 0 Å². The van der Waals surface area contributed by atoms with Crippen molar-refractivity contribution in [2.75, 3.05) is 6.61 Å². The number of carbonyl (C=O) groups excluding carboxylic acids is 3. The molecule has 0 aliphatic rings. The van der Waals surface area contributed by atoms with Gasteiger partial charge >= 0.3 is 17.9 Å². The van der Waals surface area contributed by atoms with Gasteiger partial charge in [0.15, 0.2) is 0 Å². The fourth-order valence-electron chi connectivity index (χ4n) is 1.61. The van der Waals surface area contributed by atoms with Crippen molar-refractivity contribution in [3.05, 3.63) is 0 Å². The van der Waals surface area contributed by atoms with E-state index in [-0.39, 0.29) is 18.5 Å². The van der Waals surface area contributed by atoms with Crippen molar-refractivity contribution in [3.63, 3.8) is 0 Å². The van der Waals surface area contributed by atoms with Gasteiger partial charge in [0.25, 0.3) is 0 Å². The van der Waals surface area contributed by atoms with Gasteiger partial charge in [-0.3, -0.25) is 14.4 Å². The molecule has 19 heavy (non-hydrogen) atoms. The summed E-state index contributed by atoms with van der Waals surface area (Å²) in [4.78, 5) is 32.7. The second-order valence-electron chi connectivity index (χ2n) is 4.61. The molecule has 0 spiro atoms. The average Bonchev–Trinajstić information content (AvgIpc) is 2.23. The molecule has 0 heterocycles. The van der Waals surface area contributed by atoms with Crippen LogP contribution in [0.1, 0.15) is 41.0 Å². The van der Waals surface area contributed by atoms with Crippen LogP contribution in [0.5, 0.6) is 0 Å². The molecule has 0 aliphatic carbocycles. The third kappa shape index (κ3) is 9.04. The topological polar surface area (TPSA) is 78.9 Å². The maximum Gasteiger partial charge on any atom is 0.303 e. The number of carbonyl (C=O) groups is 3. The van der Waals surface area contributed by atoms with Gasteiger partial charge in [-0.2, -0.15) is 0 Å². The SMILES string of the molecule is CC(=O)OCC(C)CC(OC(C)=O)C(C)OC(C)=O. The smallest absolute Gasteiger partial charge is 0.303 e. The summed E-state index contributed by atoms with van der Waals surface area (Å²) in [6, 6.07) is 0. The van der Waals surface area contributed by atoms with Crippen LogP contribution < -0.4 is 0 Å². The lowest BCUT2D eigenvalue weighted by atomic mass is 10.0. The van der Waals surface area contributed by atoms with Gasteiger partial charge in [-0.25, -0.2) is 0 Å². The Morgan fingerprint density at radius 3 is 1.84 bits per heavy atom. The summed E-state index contributed by atoms with van der Waals surface area (Å²) < 4.78 is 15.0. The molecule has 0 aliphatic heterocycles. The summed E-state index contributed by atoms with van der Waals surface area (Å²) in [6.45, 7) is 7.68. The Morgan fingerprint density at radius 1 is 0.895 bits per heavy atom. The van der Waals surface area contributed by atoms with Crippen LogP contribution in [0, 0.1) is 5.92 Å². The third-order valence-corrected chi connectivity index (χ3v) is 2.40. The zero-order valence-electron chi connectivity index (χ0n) is 12.1. The van der Waals surface area contributed by atoms with E-state index in [9.17, 15) is 14.4 Å². The lowest BCUT2D eigenvalue weighted by Gasteiger charge is -2.25. The summed E-state index contributed by atoms with van der Waals surface area (Å²) in [5.74, 6) is -1.24.